The number of halogens is 1. The molecule has 0 amide bonds. The maximum atomic E-state index is 3.31. The van der Waals surface area contributed by atoms with Crippen LogP contribution in [0.5, 0.6) is 0 Å². The molecule has 1 aromatic rings. The van der Waals surface area contributed by atoms with Crippen LogP contribution < -0.4 is 0 Å². The second-order valence-corrected chi connectivity index (χ2v) is 3.92. The summed E-state index contributed by atoms with van der Waals surface area (Å²) in [5, 5.41) is 0. The predicted octanol–water partition coefficient (Wildman–Crippen LogP) is 4.12. The normalized spacial score (nSPS) is 8.21. The van der Waals surface area contributed by atoms with Crippen molar-refractivity contribution in [1.29, 1.82) is 0 Å². The average molecular weight is 270 g/mol. The lowest BCUT2D eigenvalue weighted by atomic mass is 10.2. The van der Waals surface area contributed by atoms with E-state index in [0.717, 1.165) is 4.47 Å². The number of unbranched alkanes of at least 4 members (excludes halogenated alkanes) is 3. The van der Waals surface area contributed by atoms with Crippen LogP contribution in [0, 0.1) is 0 Å². The molecule has 0 bridgehead atoms. The summed E-state index contributed by atoms with van der Waals surface area (Å²) in [5.41, 5.74) is 0. The Balaban J connectivity index is 0. The van der Waals surface area contributed by atoms with Gasteiger partial charge in [0.1, 0.15) is 0 Å². The molecule has 0 aliphatic carbocycles. The fraction of sp³-hybridized carbons (Fsp3) is 0.500. The van der Waals surface area contributed by atoms with Crippen LogP contribution in [-0.2, 0) is 0 Å². The fourth-order valence-electron chi connectivity index (χ4n) is 0.915. The summed E-state index contributed by atoms with van der Waals surface area (Å²) in [7, 11) is 0. The zero-order chi connectivity index (χ0) is 9.94. The molecule has 2 heteroatoms. The topological polar surface area (TPSA) is 0 Å². The Labute approximate surface area is 113 Å². The van der Waals surface area contributed by atoms with E-state index in [9.17, 15) is 0 Å². The molecule has 0 radical (unpaired) electrons. The number of benzene rings is 1. The molecule has 0 heterocycles. The molecule has 0 saturated carbocycles. The van der Waals surface area contributed by atoms with Crippen molar-refractivity contribution in [3.8, 4) is 0 Å². The lowest BCUT2D eigenvalue weighted by Gasteiger charge is -1.86. The Bertz CT molecular complexity index is 183. The zero-order valence-corrected chi connectivity index (χ0v) is 10.2. The van der Waals surface area contributed by atoms with Crippen LogP contribution in [0.3, 0.4) is 0 Å². The first kappa shape index (κ1) is 16.9. The Morgan fingerprint density at radius 2 is 1.36 bits per heavy atom. The van der Waals surface area contributed by atoms with E-state index in [1.807, 2.05) is 30.3 Å². The van der Waals surface area contributed by atoms with Crippen molar-refractivity contribution in [2.75, 3.05) is 0 Å². The fourth-order valence-corrected chi connectivity index (χ4v) is 1.22. The minimum atomic E-state index is 0. The van der Waals surface area contributed by atoms with Crippen LogP contribution in [0.1, 0.15) is 39.5 Å². The van der Waals surface area contributed by atoms with Gasteiger partial charge in [0.2, 0.25) is 0 Å². The average Bonchev–Trinajstić information content (AvgIpc) is 2.17. The first-order chi connectivity index (χ1) is 6.31. The molecule has 78 valence electrons. The van der Waals surface area contributed by atoms with E-state index in [4.69, 9.17) is 0 Å². The molecule has 14 heavy (non-hydrogen) atoms. The molecule has 0 aliphatic rings. The molecule has 1 aromatic carbocycles. The number of rotatable bonds is 3. The van der Waals surface area contributed by atoms with Gasteiger partial charge in [-0.1, -0.05) is 73.7 Å². The van der Waals surface area contributed by atoms with Gasteiger partial charge in [-0.25, -0.2) is 0 Å². The molecule has 0 fully saturated rings. The van der Waals surface area contributed by atoms with E-state index in [2.05, 4.69) is 29.8 Å². The summed E-state index contributed by atoms with van der Waals surface area (Å²) in [5.74, 6) is 0. The van der Waals surface area contributed by atoms with Crippen molar-refractivity contribution in [2.24, 2.45) is 0 Å². The van der Waals surface area contributed by atoms with Crippen molar-refractivity contribution >= 4 is 39.0 Å². The Kier molecular flexibility index (Phi) is 16.2. The smallest absolute Gasteiger partial charge is 0.0654 e. The van der Waals surface area contributed by atoms with Crippen LogP contribution in [0.15, 0.2) is 34.8 Å². The van der Waals surface area contributed by atoms with E-state index in [1.165, 1.54) is 25.7 Å². The van der Waals surface area contributed by atoms with Crippen LogP contribution in [0.2, 0.25) is 0 Å². The molecular formula is C12H21BrMg. The molecule has 0 saturated heterocycles. The molecule has 0 aliphatic heterocycles. The summed E-state index contributed by atoms with van der Waals surface area (Å²) >= 11 is 3.31. The van der Waals surface area contributed by atoms with E-state index in [0.29, 0.717) is 0 Å². The monoisotopic (exact) mass is 268 g/mol. The lowest BCUT2D eigenvalue weighted by Crippen LogP contribution is -1.66. The Morgan fingerprint density at radius 1 is 0.929 bits per heavy atom. The lowest BCUT2D eigenvalue weighted by molar-refractivity contribution is 0.702. The molecule has 0 atom stereocenters. The van der Waals surface area contributed by atoms with Crippen LogP contribution in [0.25, 0.3) is 0 Å². The third kappa shape index (κ3) is 12.5. The third-order valence-electron chi connectivity index (χ3n) is 1.69. The quantitative estimate of drug-likeness (QED) is 0.572. The first-order valence-corrected chi connectivity index (χ1v) is 5.81. The highest BCUT2D eigenvalue weighted by atomic mass is 79.9. The van der Waals surface area contributed by atoms with Gasteiger partial charge < -0.3 is 0 Å². The van der Waals surface area contributed by atoms with Gasteiger partial charge in [-0.3, -0.25) is 0 Å². The van der Waals surface area contributed by atoms with Crippen molar-refractivity contribution in [2.45, 2.75) is 39.5 Å². The maximum Gasteiger partial charge on any atom is 0.316 e. The van der Waals surface area contributed by atoms with E-state index in [1.54, 1.807) is 0 Å². The highest BCUT2D eigenvalue weighted by Crippen LogP contribution is 2.05. The Hall–Kier alpha value is 0.466. The van der Waals surface area contributed by atoms with Crippen molar-refractivity contribution in [3.05, 3.63) is 34.8 Å². The summed E-state index contributed by atoms with van der Waals surface area (Å²) < 4.78 is 1.13. The van der Waals surface area contributed by atoms with E-state index < -0.39 is 0 Å². The molecule has 0 unspecified atom stereocenters. The number of hydrogen-bond donors (Lipinski definition) is 0. The first-order valence-electron chi connectivity index (χ1n) is 5.01. The van der Waals surface area contributed by atoms with Crippen LogP contribution >= 0.6 is 15.9 Å². The van der Waals surface area contributed by atoms with Gasteiger partial charge in [-0.2, -0.15) is 0 Å². The second-order valence-electron chi connectivity index (χ2n) is 3.00. The van der Waals surface area contributed by atoms with Gasteiger partial charge in [0.15, 0.2) is 0 Å². The maximum absolute atomic E-state index is 3.31. The summed E-state index contributed by atoms with van der Waals surface area (Å²) in [6.45, 7) is 4.46. The minimum Gasteiger partial charge on any atom is -0.0654 e. The van der Waals surface area contributed by atoms with E-state index in [-0.39, 0.29) is 23.1 Å². The van der Waals surface area contributed by atoms with Crippen LogP contribution in [-0.4, -0.2) is 23.1 Å². The molecule has 0 spiro atoms. The molecular weight excluding hydrogens is 248 g/mol. The molecule has 1 rings (SSSR count). The highest BCUT2D eigenvalue weighted by Gasteiger charge is 1.75. The largest absolute Gasteiger partial charge is 0.316 e. The summed E-state index contributed by atoms with van der Waals surface area (Å²) in [6.07, 6.45) is 5.54. The summed E-state index contributed by atoms with van der Waals surface area (Å²) in [6, 6.07) is 9.97. The zero-order valence-electron chi connectivity index (χ0n) is 8.59. The molecule has 0 N–H and O–H groups in total. The molecule has 0 nitrogen and oxygen atoms in total. The third-order valence-corrected chi connectivity index (χ3v) is 2.22. The Morgan fingerprint density at radius 3 is 1.57 bits per heavy atom. The van der Waals surface area contributed by atoms with Gasteiger partial charge in [0.05, 0.1) is 0 Å². The standard InChI is InChI=1S/C6H5Br.C6H14.Mg.2H/c7-6-4-2-1-3-5-6;1-3-5-6-4-2;;;/h1-5H;3-6H2,1-2H3;;;. The second kappa shape index (κ2) is 13.5. The minimum absolute atomic E-state index is 0. The molecule has 0 aromatic heterocycles. The van der Waals surface area contributed by atoms with E-state index >= 15 is 0 Å². The van der Waals surface area contributed by atoms with Crippen molar-refractivity contribution in [1.82, 2.24) is 0 Å². The van der Waals surface area contributed by atoms with Crippen molar-refractivity contribution in [3.63, 3.8) is 0 Å². The van der Waals surface area contributed by atoms with Gasteiger partial charge >= 0.3 is 23.1 Å². The van der Waals surface area contributed by atoms with Crippen molar-refractivity contribution < 1.29 is 0 Å². The highest BCUT2D eigenvalue weighted by molar-refractivity contribution is 9.10. The van der Waals surface area contributed by atoms with Gasteiger partial charge in [0, 0.05) is 4.47 Å². The predicted molar refractivity (Wildman–Crippen MR) is 72.5 cm³/mol. The summed E-state index contributed by atoms with van der Waals surface area (Å²) in [4.78, 5) is 0. The van der Waals surface area contributed by atoms with Gasteiger partial charge in [0.25, 0.3) is 0 Å². The SMILES string of the molecule is Brc1ccccc1.CCCCCC.[MgH2]. The van der Waals surface area contributed by atoms with Crippen LogP contribution in [0.4, 0.5) is 0 Å². The van der Waals surface area contributed by atoms with Gasteiger partial charge in [-0.05, 0) is 12.1 Å². The van der Waals surface area contributed by atoms with Gasteiger partial charge in [-0.15, -0.1) is 0 Å². The number of hydrogen-bond acceptors (Lipinski definition) is 0.